The largest absolute Gasteiger partial charge is 0.459 e. The van der Waals surface area contributed by atoms with Crippen molar-refractivity contribution >= 4 is 17.7 Å². The fraction of sp³-hybridized carbons (Fsp3) is 0.263. The van der Waals surface area contributed by atoms with E-state index in [0.717, 1.165) is 22.6 Å². The summed E-state index contributed by atoms with van der Waals surface area (Å²) in [6, 6.07) is 17.3. The van der Waals surface area contributed by atoms with Crippen molar-refractivity contribution < 1.29 is 9.53 Å². The van der Waals surface area contributed by atoms with Crippen LogP contribution in [0.25, 0.3) is 0 Å². The Kier molecular flexibility index (Phi) is 6.25. The number of hydrogen-bond acceptors (Lipinski definition) is 4. The van der Waals surface area contributed by atoms with Gasteiger partial charge < -0.3 is 4.74 Å². The number of nitriles is 1. The third-order valence-electron chi connectivity index (χ3n) is 3.13. The first-order valence-corrected chi connectivity index (χ1v) is 8.60. The van der Waals surface area contributed by atoms with Crippen LogP contribution in [0.4, 0.5) is 0 Å². The van der Waals surface area contributed by atoms with E-state index in [9.17, 15) is 4.79 Å². The van der Waals surface area contributed by atoms with E-state index in [1.54, 1.807) is 23.9 Å². The summed E-state index contributed by atoms with van der Waals surface area (Å²) in [5.41, 5.74) is 3.57. The Hall–Kier alpha value is -2.25. The van der Waals surface area contributed by atoms with Gasteiger partial charge in [-0.15, -0.1) is 0 Å². The van der Waals surface area contributed by atoms with Crippen molar-refractivity contribution in [1.82, 2.24) is 0 Å². The van der Waals surface area contributed by atoms with Gasteiger partial charge in [-0.25, -0.2) is 4.79 Å². The molecule has 4 heteroatoms. The molecule has 0 bridgehead atoms. The van der Waals surface area contributed by atoms with Crippen LogP contribution in [0.2, 0.25) is 0 Å². The molecule has 0 spiro atoms. The molecule has 0 radical (unpaired) electrons. The van der Waals surface area contributed by atoms with Crippen molar-refractivity contribution in [2.24, 2.45) is 0 Å². The zero-order valence-electron chi connectivity index (χ0n) is 13.3. The van der Waals surface area contributed by atoms with E-state index in [4.69, 9.17) is 10.00 Å². The second-order valence-corrected chi connectivity index (χ2v) is 6.44. The van der Waals surface area contributed by atoms with Gasteiger partial charge in [-0.3, -0.25) is 0 Å². The molecule has 0 saturated heterocycles. The van der Waals surface area contributed by atoms with E-state index < -0.39 is 0 Å². The lowest BCUT2D eigenvalue weighted by molar-refractivity contribution is 0.0378. The summed E-state index contributed by atoms with van der Waals surface area (Å²) in [6.07, 6.45) is -0.109. The monoisotopic (exact) mass is 325 g/mol. The number of thioether (sulfide) groups is 1. The molecule has 0 unspecified atom stereocenters. The molecule has 0 aliphatic rings. The van der Waals surface area contributed by atoms with E-state index in [1.807, 2.05) is 50.2 Å². The van der Waals surface area contributed by atoms with E-state index in [1.165, 1.54) is 0 Å². The fourth-order valence-electron chi connectivity index (χ4n) is 2.04. The maximum absolute atomic E-state index is 11.8. The molecular formula is C19H19NO2S. The van der Waals surface area contributed by atoms with Crippen LogP contribution >= 0.6 is 11.8 Å². The van der Waals surface area contributed by atoms with E-state index in [2.05, 4.69) is 6.07 Å². The number of ether oxygens (including phenoxy) is 1. The van der Waals surface area contributed by atoms with Gasteiger partial charge in [-0.05, 0) is 49.2 Å². The number of carbonyl (C=O) groups is 1. The highest BCUT2D eigenvalue weighted by Crippen LogP contribution is 2.19. The van der Waals surface area contributed by atoms with Crippen LogP contribution in [0.1, 0.15) is 40.9 Å². The third-order valence-corrected chi connectivity index (χ3v) is 4.20. The standard InChI is InChI=1S/C19H19NO2S/c1-14(2)22-19(21)18-8-6-15(7-9-18)12-23-13-17-5-3-4-16(10-17)11-20/h3-10,14H,12-13H2,1-2H3. The molecule has 2 aromatic carbocycles. The summed E-state index contributed by atoms with van der Waals surface area (Å²) in [4.78, 5) is 11.8. The molecular weight excluding hydrogens is 306 g/mol. The van der Waals surface area contributed by atoms with Gasteiger partial charge in [-0.1, -0.05) is 24.3 Å². The van der Waals surface area contributed by atoms with E-state index in [0.29, 0.717) is 11.1 Å². The molecule has 3 nitrogen and oxygen atoms in total. The SMILES string of the molecule is CC(C)OC(=O)c1ccc(CSCc2cccc(C#N)c2)cc1. The molecule has 0 saturated carbocycles. The highest BCUT2D eigenvalue weighted by molar-refractivity contribution is 7.97. The molecule has 118 valence electrons. The predicted octanol–water partition coefficient (Wildman–Crippen LogP) is 4.56. The van der Waals surface area contributed by atoms with Crippen LogP contribution in [0.3, 0.4) is 0 Å². The van der Waals surface area contributed by atoms with Crippen LogP contribution in [-0.2, 0) is 16.2 Å². The number of hydrogen-bond donors (Lipinski definition) is 0. The molecule has 0 amide bonds. The average Bonchev–Trinajstić information content (AvgIpc) is 2.55. The van der Waals surface area contributed by atoms with Crippen molar-refractivity contribution in [3.8, 4) is 6.07 Å². The third kappa shape index (κ3) is 5.46. The van der Waals surface area contributed by atoms with Crippen molar-refractivity contribution in [2.45, 2.75) is 31.5 Å². The zero-order valence-corrected chi connectivity index (χ0v) is 14.1. The molecule has 0 aliphatic carbocycles. The van der Waals surface area contributed by atoms with Gasteiger partial charge in [0.15, 0.2) is 0 Å². The highest BCUT2D eigenvalue weighted by atomic mass is 32.2. The Morgan fingerprint density at radius 3 is 2.48 bits per heavy atom. The molecule has 23 heavy (non-hydrogen) atoms. The quantitative estimate of drug-likeness (QED) is 0.731. The summed E-state index contributed by atoms with van der Waals surface area (Å²) in [7, 11) is 0. The minimum absolute atomic E-state index is 0.109. The Morgan fingerprint density at radius 1 is 1.13 bits per heavy atom. The van der Waals surface area contributed by atoms with Crippen molar-refractivity contribution in [1.29, 1.82) is 5.26 Å². The molecule has 0 heterocycles. The lowest BCUT2D eigenvalue weighted by Crippen LogP contribution is -2.11. The zero-order chi connectivity index (χ0) is 16.7. The molecule has 0 aliphatic heterocycles. The number of nitrogens with zero attached hydrogens (tertiary/aromatic N) is 1. The summed E-state index contributed by atoms with van der Waals surface area (Å²) < 4.78 is 5.17. The summed E-state index contributed by atoms with van der Waals surface area (Å²) in [6.45, 7) is 3.68. The first-order chi connectivity index (χ1) is 11.1. The van der Waals surface area contributed by atoms with E-state index >= 15 is 0 Å². The molecule has 0 aromatic heterocycles. The summed E-state index contributed by atoms with van der Waals surface area (Å²) >= 11 is 1.78. The van der Waals surface area contributed by atoms with Gasteiger partial charge >= 0.3 is 5.97 Å². The summed E-state index contributed by atoms with van der Waals surface area (Å²) in [5.74, 6) is 1.43. The topological polar surface area (TPSA) is 50.1 Å². The molecule has 2 rings (SSSR count). The van der Waals surface area contributed by atoms with Gasteiger partial charge in [0, 0.05) is 11.5 Å². The lowest BCUT2D eigenvalue weighted by Gasteiger charge is -2.08. The first-order valence-electron chi connectivity index (χ1n) is 7.45. The first kappa shape index (κ1) is 17.1. The van der Waals surface area contributed by atoms with Crippen molar-refractivity contribution in [3.05, 3.63) is 70.8 Å². The van der Waals surface area contributed by atoms with Gasteiger partial charge in [0.05, 0.1) is 23.3 Å². The Balaban J connectivity index is 1.86. The Bertz CT molecular complexity index is 702. The lowest BCUT2D eigenvalue weighted by atomic mass is 10.1. The normalized spacial score (nSPS) is 10.3. The smallest absolute Gasteiger partial charge is 0.338 e. The number of carbonyl (C=O) groups excluding carboxylic acids is 1. The number of benzene rings is 2. The molecule has 2 aromatic rings. The van der Waals surface area contributed by atoms with Crippen LogP contribution in [0.15, 0.2) is 48.5 Å². The number of esters is 1. The second-order valence-electron chi connectivity index (χ2n) is 5.46. The maximum Gasteiger partial charge on any atom is 0.338 e. The fourth-order valence-corrected chi connectivity index (χ4v) is 2.98. The predicted molar refractivity (Wildman–Crippen MR) is 93.1 cm³/mol. The van der Waals surface area contributed by atoms with Gasteiger partial charge in [0.1, 0.15) is 0 Å². The van der Waals surface area contributed by atoms with Crippen molar-refractivity contribution in [2.75, 3.05) is 0 Å². The number of rotatable bonds is 6. The Morgan fingerprint density at radius 2 is 1.83 bits per heavy atom. The average molecular weight is 325 g/mol. The molecule has 0 atom stereocenters. The highest BCUT2D eigenvalue weighted by Gasteiger charge is 2.08. The molecule has 0 fully saturated rings. The van der Waals surface area contributed by atoms with Gasteiger partial charge in [-0.2, -0.15) is 17.0 Å². The van der Waals surface area contributed by atoms with Crippen LogP contribution in [0.5, 0.6) is 0 Å². The Labute approximate surface area is 141 Å². The van der Waals surface area contributed by atoms with Crippen LogP contribution in [-0.4, -0.2) is 12.1 Å². The van der Waals surface area contributed by atoms with Crippen LogP contribution in [0, 0.1) is 11.3 Å². The van der Waals surface area contributed by atoms with Gasteiger partial charge in [0.25, 0.3) is 0 Å². The van der Waals surface area contributed by atoms with E-state index in [-0.39, 0.29) is 12.1 Å². The minimum Gasteiger partial charge on any atom is -0.459 e. The second kappa shape index (κ2) is 8.40. The minimum atomic E-state index is -0.285. The summed E-state index contributed by atoms with van der Waals surface area (Å²) in [5, 5.41) is 8.90. The van der Waals surface area contributed by atoms with Crippen molar-refractivity contribution in [3.63, 3.8) is 0 Å². The van der Waals surface area contributed by atoms with Crippen LogP contribution < -0.4 is 0 Å². The molecule has 0 N–H and O–H groups in total. The maximum atomic E-state index is 11.8. The van der Waals surface area contributed by atoms with Gasteiger partial charge in [0.2, 0.25) is 0 Å².